The maximum absolute atomic E-state index is 12.2. The number of esters is 2. The van der Waals surface area contributed by atoms with E-state index in [2.05, 4.69) is 25.1 Å². The quantitative estimate of drug-likeness (QED) is 0.807. The predicted octanol–water partition coefficient (Wildman–Crippen LogP) is 1.11. The van der Waals surface area contributed by atoms with Crippen LogP contribution in [-0.4, -0.2) is 47.1 Å². The van der Waals surface area contributed by atoms with Gasteiger partial charge in [-0.2, -0.15) is 0 Å². The lowest BCUT2D eigenvalue weighted by molar-refractivity contribution is -0.116. The molecule has 0 saturated carbocycles. The normalized spacial score (nSPS) is 10.2. The molecule has 0 fully saturated rings. The van der Waals surface area contributed by atoms with Crippen molar-refractivity contribution in [3.05, 3.63) is 40.7 Å². The first-order valence-corrected chi connectivity index (χ1v) is 7.34. The molecule has 0 bridgehead atoms. The van der Waals surface area contributed by atoms with Gasteiger partial charge in [0.15, 0.2) is 5.69 Å². The van der Waals surface area contributed by atoms with E-state index in [9.17, 15) is 14.4 Å². The summed E-state index contributed by atoms with van der Waals surface area (Å²) in [5.74, 6) is -2.12. The highest BCUT2D eigenvalue weighted by Gasteiger charge is 2.27. The molecule has 0 saturated heterocycles. The fraction of sp³-hybridized carbons (Fsp3) is 0.312. The minimum Gasteiger partial charge on any atom is -0.464 e. The largest absolute Gasteiger partial charge is 0.464 e. The van der Waals surface area contributed by atoms with E-state index in [1.165, 1.54) is 0 Å². The van der Waals surface area contributed by atoms with Crippen LogP contribution in [0.3, 0.4) is 0 Å². The first-order valence-electron chi connectivity index (χ1n) is 7.34. The van der Waals surface area contributed by atoms with Gasteiger partial charge >= 0.3 is 11.9 Å². The van der Waals surface area contributed by atoms with E-state index >= 15 is 0 Å². The van der Waals surface area contributed by atoms with Gasteiger partial charge in [0.25, 0.3) is 0 Å². The summed E-state index contributed by atoms with van der Waals surface area (Å²) in [6, 6.07) is 5.48. The first-order chi connectivity index (χ1) is 11.9. The average molecular weight is 346 g/mol. The minimum atomic E-state index is -0.846. The van der Waals surface area contributed by atoms with E-state index in [-0.39, 0.29) is 17.9 Å². The van der Waals surface area contributed by atoms with Crippen LogP contribution in [0.15, 0.2) is 18.2 Å². The summed E-state index contributed by atoms with van der Waals surface area (Å²) in [6.07, 6.45) is 0. The van der Waals surface area contributed by atoms with Crippen molar-refractivity contribution >= 4 is 23.5 Å². The number of nitrogens with one attached hydrogen (secondary N) is 1. The van der Waals surface area contributed by atoms with Crippen molar-refractivity contribution in [3.63, 3.8) is 0 Å². The van der Waals surface area contributed by atoms with Gasteiger partial charge in [0.05, 0.1) is 14.2 Å². The van der Waals surface area contributed by atoms with Gasteiger partial charge in [-0.25, -0.2) is 14.3 Å². The average Bonchev–Trinajstić information content (AvgIpc) is 3.00. The third kappa shape index (κ3) is 4.00. The number of methoxy groups -OCH3 is 2. The van der Waals surface area contributed by atoms with Crippen LogP contribution in [0.4, 0.5) is 5.69 Å². The van der Waals surface area contributed by atoms with Crippen molar-refractivity contribution in [1.29, 1.82) is 0 Å². The Morgan fingerprint density at radius 1 is 1.08 bits per heavy atom. The smallest absolute Gasteiger partial charge is 0.361 e. The molecule has 0 unspecified atom stereocenters. The summed E-state index contributed by atoms with van der Waals surface area (Å²) in [5, 5.41) is 9.97. The molecule has 0 aliphatic rings. The molecule has 1 amide bonds. The number of hydrogen-bond donors (Lipinski definition) is 1. The molecule has 9 nitrogen and oxygen atoms in total. The van der Waals surface area contributed by atoms with Crippen LogP contribution in [0, 0.1) is 13.8 Å². The molecule has 25 heavy (non-hydrogen) atoms. The number of benzene rings is 1. The van der Waals surface area contributed by atoms with Crippen LogP contribution in [0.1, 0.15) is 32.1 Å². The number of rotatable bonds is 5. The molecule has 2 rings (SSSR count). The van der Waals surface area contributed by atoms with Crippen LogP contribution < -0.4 is 5.32 Å². The van der Waals surface area contributed by atoms with E-state index in [1.54, 1.807) is 6.07 Å². The lowest BCUT2D eigenvalue weighted by atomic mass is 10.1. The Labute approximate surface area is 143 Å². The molecule has 0 spiro atoms. The zero-order valence-corrected chi connectivity index (χ0v) is 14.3. The summed E-state index contributed by atoms with van der Waals surface area (Å²) >= 11 is 0. The maximum atomic E-state index is 12.2. The standard InChI is InChI=1S/C16H18N4O5/c1-9-5-6-11(7-10(9)2)17-12(21)8-20-14(16(23)25-4)13(18-19-20)15(22)24-3/h5-7H,8H2,1-4H3,(H,17,21). The molecule has 0 aliphatic carbocycles. The van der Waals surface area contributed by atoms with Gasteiger partial charge in [-0.3, -0.25) is 4.79 Å². The van der Waals surface area contributed by atoms with E-state index < -0.39 is 17.8 Å². The number of anilines is 1. The second-order valence-electron chi connectivity index (χ2n) is 5.27. The Morgan fingerprint density at radius 2 is 1.76 bits per heavy atom. The molecule has 1 aromatic carbocycles. The number of nitrogens with zero attached hydrogens (tertiary/aromatic N) is 3. The van der Waals surface area contributed by atoms with E-state index in [0.717, 1.165) is 30.0 Å². The number of aryl methyl sites for hydroxylation is 2. The monoisotopic (exact) mass is 346 g/mol. The van der Waals surface area contributed by atoms with Gasteiger partial charge in [-0.1, -0.05) is 11.3 Å². The van der Waals surface area contributed by atoms with E-state index in [1.807, 2.05) is 26.0 Å². The van der Waals surface area contributed by atoms with Crippen molar-refractivity contribution in [1.82, 2.24) is 15.0 Å². The van der Waals surface area contributed by atoms with Crippen LogP contribution in [0.2, 0.25) is 0 Å². The van der Waals surface area contributed by atoms with Gasteiger partial charge in [-0.15, -0.1) is 5.10 Å². The fourth-order valence-electron chi connectivity index (χ4n) is 2.11. The number of carbonyl (C=O) groups excluding carboxylic acids is 3. The highest BCUT2D eigenvalue weighted by molar-refractivity contribution is 6.01. The lowest BCUT2D eigenvalue weighted by Gasteiger charge is -2.09. The fourth-order valence-corrected chi connectivity index (χ4v) is 2.11. The molecule has 1 N–H and O–H groups in total. The molecule has 1 heterocycles. The molecule has 0 aliphatic heterocycles. The number of ether oxygens (including phenoxy) is 2. The summed E-state index contributed by atoms with van der Waals surface area (Å²) in [4.78, 5) is 35.8. The van der Waals surface area contributed by atoms with Crippen LogP contribution in [0.25, 0.3) is 0 Å². The SMILES string of the molecule is COC(=O)c1nnn(CC(=O)Nc2ccc(C)c(C)c2)c1C(=O)OC. The van der Waals surface area contributed by atoms with Gasteiger partial charge in [0, 0.05) is 5.69 Å². The van der Waals surface area contributed by atoms with E-state index in [0.29, 0.717) is 5.69 Å². The summed E-state index contributed by atoms with van der Waals surface area (Å²) in [7, 11) is 2.30. The van der Waals surface area contributed by atoms with Crippen LogP contribution in [0.5, 0.6) is 0 Å². The van der Waals surface area contributed by atoms with E-state index in [4.69, 9.17) is 0 Å². The van der Waals surface area contributed by atoms with Gasteiger partial charge in [0.2, 0.25) is 11.6 Å². The Balaban J connectivity index is 2.22. The summed E-state index contributed by atoms with van der Waals surface area (Å²) in [5.41, 5.74) is 2.19. The van der Waals surface area contributed by atoms with Crippen molar-refractivity contribution in [2.24, 2.45) is 0 Å². The Hall–Kier alpha value is -3.23. The topological polar surface area (TPSA) is 112 Å². The Bertz CT molecular complexity index is 828. The highest BCUT2D eigenvalue weighted by atomic mass is 16.5. The zero-order valence-electron chi connectivity index (χ0n) is 14.3. The van der Waals surface area contributed by atoms with Crippen LogP contribution >= 0.6 is 0 Å². The van der Waals surface area contributed by atoms with Crippen molar-refractivity contribution in [3.8, 4) is 0 Å². The minimum absolute atomic E-state index is 0.246. The molecule has 9 heteroatoms. The highest BCUT2D eigenvalue weighted by Crippen LogP contribution is 2.15. The summed E-state index contributed by atoms with van der Waals surface area (Å²) in [6.45, 7) is 3.58. The van der Waals surface area contributed by atoms with Crippen molar-refractivity contribution < 1.29 is 23.9 Å². The predicted molar refractivity (Wildman–Crippen MR) is 87.2 cm³/mol. The van der Waals surface area contributed by atoms with Gasteiger partial charge in [0.1, 0.15) is 6.54 Å². The maximum Gasteiger partial charge on any atom is 0.361 e. The number of carbonyl (C=O) groups is 3. The number of aromatic nitrogens is 3. The van der Waals surface area contributed by atoms with Gasteiger partial charge in [-0.05, 0) is 37.1 Å². The molecule has 2 aromatic rings. The van der Waals surface area contributed by atoms with Crippen molar-refractivity contribution in [2.75, 3.05) is 19.5 Å². The first kappa shape index (κ1) is 18.1. The third-order valence-corrected chi connectivity index (χ3v) is 3.58. The summed E-state index contributed by atoms with van der Waals surface area (Å²) < 4.78 is 10.2. The van der Waals surface area contributed by atoms with Crippen LogP contribution in [-0.2, 0) is 20.8 Å². The molecule has 0 atom stereocenters. The number of hydrogen-bond acceptors (Lipinski definition) is 7. The Kier molecular flexibility index (Phi) is 5.48. The molecule has 1 aromatic heterocycles. The second kappa shape index (κ2) is 7.56. The third-order valence-electron chi connectivity index (χ3n) is 3.58. The number of amides is 1. The second-order valence-corrected chi connectivity index (χ2v) is 5.27. The van der Waals surface area contributed by atoms with Crippen molar-refractivity contribution in [2.45, 2.75) is 20.4 Å². The zero-order chi connectivity index (χ0) is 18.6. The molecular weight excluding hydrogens is 328 g/mol. The van der Waals surface area contributed by atoms with Gasteiger partial charge < -0.3 is 14.8 Å². The molecule has 0 radical (unpaired) electrons. The Morgan fingerprint density at radius 3 is 2.36 bits per heavy atom. The lowest BCUT2D eigenvalue weighted by Crippen LogP contribution is -2.24. The molecule has 132 valence electrons. The molecular formula is C16H18N4O5.